The van der Waals surface area contributed by atoms with E-state index in [1.165, 1.54) is 41.0 Å². The Morgan fingerprint density at radius 3 is 2.54 bits per heavy atom. The smallest absolute Gasteiger partial charge is 0.415 e. The summed E-state index contributed by atoms with van der Waals surface area (Å²) in [5, 5.41) is 12.2. The minimum absolute atomic E-state index is 0.0829. The number of amides is 2. The van der Waals surface area contributed by atoms with Crippen molar-refractivity contribution in [1.29, 1.82) is 0 Å². The molecule has 1 unspecified atom stereocenters. The molecule has 2 amide bonds. The Balaban J connectivity index is 1.67. The molecule has 1 aromatic carbocycles. The Morgan fingerprint density at radius 2 is 1.92 bits per heavy atom. The molecule has 3 rings (SSSR count). The van der Waals surface area contributed by atoms with Crippen LogP contribution in [0.3, 0.4) is 0 Å². The SMILES string of the molecule is CN(C(=O)OC[n+]1ccc(C(=O)N[C@@H](CCCN)C(=O)O)cc1)C1(c2ccccc2Cl)CCCCC1=O. The number of rotatable bonds is 10. The van der Waals surface area contributed by atoms with Gasteiger partial charge in [-0.2, -0.15) is 4.57 Å². The van der Waals surface area contributed by atoms with E-state index < -0.39 is 29.6 Å². The highest BCUT2D eigenvalue weighted by atomic mass is 35.5. The first-order valence-corrected chi connectivity index (χ1v) is 12.5. The highest BCUT2D eigenvalue weighted by Gasteiger charge is 2.48. The third kappa shape index (κ3) is 6.44. The zero-order chi connectivity index (χ0) is 27.0. The van der Waals surface area contributed by atoms with Crippen LogP contribution in [0.1, 0.15) is 54.4 Å². The van der Waals surface area contributed by atoms with Crippen molar-refractivity contribution in [2.45, 2.75) is 56.8 Å². The number of carbonyl (C=O) groups excluding carboxylic acids is 3. The summed E-state index contributed by atoms with van der Waals surface area (Å²) in [5.41, 5.74) is 5.06. The van der Waals surface area contributed by atoms with Gasteiger partial charge in [-0.1, -0.05) is 29.8 Å². The number of nitrogens with one attached hydrogen (secondary N) is 1. The molecule has 1 fully saturated rings. The fraction of sp³-hybridized carbons (Fsp3) is 0.423. The Hall–Kier alpha value is -3.50. The number of ketones is 1. The monoisotopic (exact) mass is 531 g/mol. The van der Waals surface area contributed by atoms with Gasteiger partial charge in [-0.3, -0.25) is 14.5 Å². The van der Waals surface area contributed by atoms with Crippen molar-refractivity contribution >= 4 is 35.4 Å². The number of benzene rings is 1. The largest absolute Gasteiger partial charge is 0.480 e. The number of likely N-dealkylation sites (N-methyl/N-ethyl adjacent to an activating group) is 1. The summed E-state index contributed by atoms with van der Waals surface area (Å²) in [6.07, 6.45) is 5.39. The van der Waals surface area contributed by atoms with Crippen molar-refractivity contribution in [2.75, 3.05) is 13.6 Å². The lowest BCUT2D eigenvalue weighted by atomic mass is 9.74. The van der Waals surface area contributed by atoms with Crippen LogP contribution in [-0.4, -0.2) is 53.4 Å². The van der Waals surface area contributed by atoms with E-state index in [1.807, 2.05) is 0 Å². The first-order valence-electron chi connectivity index (χ1n) is 12.1. The van der Waals surface area contributed by atoms with Gasteiger partial charge in [-0.05, 0) is 44.7 Å². The van der Waals surface area contributed by atoms with E-state index in [0.29, 0.717) is 36.4 Å². The standard InChI is InChI=1S/C26H31ClN4O6/c1-30(26(13-5-4-10-22(26)32)19-7-2-3-8-20(19)27)25(36)37-17-31-15-11-18(12-16-31)23(33)29-21(24(34)35)9-6-14-28/h2-3,7-8,11-12,15-16,21H,4-6,9-10,13-14,17,28H2,1H3,(H-,29,33,34,35)/p+1/t21-,26?/m0/s1. The van der Waals surface area contributed by atoms with Gasteiger partial charge >= 0.3 is 12.1 Å². The molecule has 1 saturated carbocycles. The van der Waals surface area contributed by atoms with Gasteiger partial charge in [0, 0.05) is 36.2 Å². The minimum Gasteiger partial charge on any atom is -0.480 e. The van der Waals surface area contributed by atoms with Crippen molar-refractivity contribution in [3.63, 3.8) is 0 Å². The molecule has 2 atom stereocenters. The lowest BCUT2D eigenvalue weighted by Crippen LogP contribution is -2.55. The maximum atomic E-state index is 13.2. The van der Waals surface area contributed by atoms with E-state index in [1.54, 1.807) is 24.3 Å². The summed E-state index contributed by atoms with van der Waals surface area (Å²) in [5.74, 6) is -1.75. The molecular weight excluding hydrogens is 500 g/mol. The number of nitrogens with zero attached hydrogens (tertiary/aromatic N) is 2. The molecule has 4 N–H and O–H groups in total. The number of nitrogens with two attached hydrogens (primary N) is 1. The number of carboxylic acids is 1. The highest BCUT2D eigenvalue weighted by Crippen LogP contribution is 2.42. The number of hydrogen-bond donors (Lipinski definition) is 3. The zero-order valence-electron chi connectivity index (χ0n) is 20.7. The normalized spacial score (nSPS) is 18.1. The van der Waals surface area contributed by atoms with Crippen LogP contribution in [-0.2, 0) is 26.6 Å². The van der Waals surface area contributed by atoms with E-state index >= 15 is 0 Å². The van der Waals surface area contributed by atoms with Crippen LogP contribution in [0, 0.1) is 0 Å². The average molecular weight is 532 g/mol. The number of aliphatic carboxylic acids is 1. The lowest BCUT2D eigenvalue weighted by molar-refractivity contribution is -0.727. The molecular formula is C26H32ClN4O6+. The van der Waals surface area contributed by atoms with Gasteiger partial charge in [-0.15, -0.1) is 0 Å². The fourth-order valence-corrected chi connectivity index (χ4v) is 4.82. The summed E-state index contributed by atoms with van der Waals surface area (Å²) < 4.78 is 7.02. The number of halogens is 1. The number of aromatic nitrogens is 1. The lowest BCUT2D eigenvalue weighted by Gasteiger charge is -2.43. The number of hydrogen-bond acceptors (Lipinski definition) is 6. The van der Waals surface area contributed by atoms with Gasteiger partial charge in [0.15, 0.2) is 18.2 Å². The Morgan fingerprint density at radius 1 is 1.22 bits per heavy atom. The Bertz CT molecular complexity index is 1140. The van der Waals surface area contributed by atoms with E-state index in [2.05, 4.69) is 5.32 Å². The predicted molar refractivity (Wildman–Crippen MR) is 135 cm³/mol. The molecule has 198 valence electrons. The molecule has 0 radical (unpaired) electrons. The summed E-state index contributed by atoms with van der Waals surface area (Å²) in [4.78, 5) is 51.4. The molecule has 0 spiro atoms. The van der Waals surface area contributed by atoms with Crippen LogP contribution in [0.5, 0.6) is 0 Å². The van der Waals surface area contributed by atoms with Gasteiger partial charge in [0.2, 0.25) is 0 Å². The van der Waals surface area contributed by atoms with Crippen LogP contribution >= 0.6 is 11.6 Å². The van der Waals surface area contributed by atoms with E-state index in [9.17, 15) is 24.3 Å². The van der Waals surface area contributed by atoms with Gasteiger partial charge in [0.25, 0.3) is 12.6 Å². The number of carbonyl (C=O) groups is 4. The number of pyridine rings is 1. The highest BCUT2D eigenvalue weighted by molar-refractivity contribution is 6.31. The zero-order valence-corrected chi connectivity index (χ0v) is 21.4. The van der Waals surface area contributed by atoms with Crippen molar-refractivity contribution in [2.24, 2.45) is 5.73 Å². The van der Waals surface area contributed by atoms with Crippen LogP contribution in [0.2, 0.25) is 5.02 Å². The Kier molecular flexibility index (Phi) is 9.60. The first-order chi connectivity index (χ1) is 17.7. The predicted octanol–water partition coefficient (Wildman–Crippen LogP) is 2.61. The van der Waals surface area contributed by atoms with Crippen molar-refractivity contribution < 1.29 is 33.6 Å². The fourth-order valence-electron chi connectivity index (χ4n) is 4.53. The summed E-state index contributed by atoms with van der Waals surface area (Å²) in [6.45, 7) is 0.165. The van der Waals surface area contributed by atoms with Gasteiger partial charge in [0.1, 0.15) is 11.6 Å². The summed E-state index contributed by atoms with van der Waals surface area (Å²) in [7, 11) is 1.54. The van der Waals surface area contributed by atoms with Crippen LogP contribution < -0.4 is 15.6 Å². The molecule has 37 heavy (non-hydrogen) atoms. The van der Waals surface area contributed by atoms with Crippen LogP contribution in [0.15, 0.2) is 48.8 Å². The second-order valence-corrected chi connectivity index (χ2v) is 9.37. The maximum Gasteiger partial charge on any atom is 0.415 e. The van der Waals surface area contributed by atoms with Crippen LogP contribution in [0.4, 0.5) is 4.79 Å². The molecule has 1 aromatic heterocycles. The molecule has 0 aliphatic heterocycles. The van der Waals surface area contributed by atoms with E-state index in [0.717, 1.165) is 12.8 Å². The number of carboxylic acid groups (broad SMARTS) is 1. The number of Topliss-reactive ketones (excluding diaryl/α,β-unsaturated/α-hetero) is 1. The third-order valence-corrected chi connectivity index (χ3v) is 6.94. The van der Waals surface area contributed by atoms with E-state index in [-0.39, 0.29) is 24.5 Å². The molecule has 0 saturated heterocycles. The van der Waals surface area contributed by atoms with Gasteiger partial charge in [0.05, 0.1) is 5.56 Å². The van der Waals surface area contributed by atoms with Crippen molar-refractivity contribution in [3.8, 4) is 0 Å². The van der Waals surface area contributed by atoms with Crippen molar-refractivity contribution in [3.05, 3.63) is 64.9 Å². The second-order valence-electron chi connectivity index (χ2n) is 8.96. The maximum absolute atomic E-state index is 13.2. The Labute approximate surface area is 220 Å². The molecule has 1 heterocycles. The topological polar surface area (TPSA) is 143 Å². The third-order valence-electron chi connectivity index (χ3n) is 6.61. The van der Waals surface area contributed by atoms with Crippen LogP contribution in [0.25, 0.3) is 0 Å². The van der Waals surface area contributed by atoms with Gasteiger partial charge in [-0.25, -0.2) is 9.59 Å². The quantitative estimate of drug-likeness (QED) is 0.400. The molecule has 0 bridgehead atoms. The van der Waals surface area contributed by atoms with E-state index in [4.69, 9.17) is 22.1 Å². The summed E-state index contributed by atoms with van der Waals surface area (Å²) in [6, 6.07) is 8.97. The molecule has 2 aromatic rings. The second kappa shape index (κ2) is 12.6. The molecule has 1 aliphatic carbocycles. The minimum atomic E-state index is -1.20. The summed E-state index contributed by atoms with van der Waals surface area (Å²) >= 11 is 6.44. The molecule has 11 heteroatoms. The average Bonchev–Trinajstić information content (AvgIpc) is 2.90. The van der Waals surface area contributed by atoms with Crippen molar-refractivity contribution in [1.82, 2.24) is 10.2 Å². The first kappa shape index (κ1) is 28.1. The molecule has 10 nitrogen and oxygen atoms in total. The number of ether oxygens (including phenoxy) is 1. The van der Waals surface area contributed by atoms with Gasteiger partial charge < -0.3 is 20.9 Å². The molecule has 1 aliphatic rings.